The third kappa shape index (κ3) is 6.70. The summed E-state index contributed by atoms with van der Waals surface area (Å²) in [6.07, 6.45) is -9.35. The van der Waals surface area contributed by atoms with Gasteiger partial charge in [-0.2, -0.15) is 26.3 Å². The van der Waals surface area contributed by atoms with Crippen molar-refractivity contribution in [1.82, 2.24) is 4.98 Å². The highest BCUT2D eigenvalue weighted by Crippen LogP contribution is 2.41. The number of nitrogens with zero attached hydrogens (tertiary/aromatic N) is 2. The van der Waals surface area contributed by atoms with Gasteiger partial charge in [0.15, 0.2) is 0 Å². The number of hydrogen-bond acceptors (Lipinski definition) is 4. The maximum Gasteiger partial charge on any atom is 0.416 e. The molecule has 3 rings (SSSR count). The summed E-state index contributed by atoms with van der Waals surface area (Å²) >= 11 is 0. The van der Waals surface area contributed by atoms with Gasteiger partial charge in [0.1, 0.15) is 5.82 Å². The molecule has 0 fully saturated rings. The van der Waals surface area contributed by atoms with Gasteiger partial charge in [-0.25, -0.2) is 4.98 Å². The zero-order chi connectivity index (χ0) is 29.3. The van der Waals surface area contributed by atoms with Gasteiger partial charge in [0.25, 0.3) is 0 Å². The van der Waals surface area contributed by atoms with Crippen molar-refractivity contribution in [1.29, 1.82) is 0 Å². The molecule has 0 saturated carbocycles. The Bertz CT molecular complexity index is 1320. The number of nitrogens with one attached hydrogen (secondary N) is 1. The Labute approximate surface area is 222 Å². The highest BCUT2D eigenvalue weighted by Gasteiger charge is 2.41. The Morgan fingerprint density at radius 2 is 1.49 bits per heavy atom. The number of halogens is 6. The van der Waals surface area contributed by atoms with Crippen molar-refractivity contribution in [3.05, 3.63) is 77.0 Å². The number of likely N-dealkylation sites (N-methyl/N-ethyl adjacent to an activating group) is 1. The second-order valence-electron chi connectivity index (χ2n) is 9.92. The van der Waals surface area contributed by atoms with Gasteiger partial charge in [0.2, 0.25) is 5.91 Å². The zero-order valence-corrected chi connectivity index (χ0v) is 22.0. The van der Waals surface area contributed by atoms with Gasteiger partial charge >= 0.3 is 12.4 Å². The van der Waals surface area contributed by atoms with Crippen LogP contribution < -0.4 is 10.2 Å². The number of benzene rings is 2. The van der Waals surface area contributed by atoms with Crippen molar-refractivity contribution in [2.24, 2.45) is 0 Å². The summed E-state index contributed by atoms with van der Waals surface area (Å²) in [7, 11) is 1.39. The quantitative estimate of drug-likeness (QED) is 0.315. The summed E-state index contributed by atoms with van der Waals surface area (Å²) < 4.78 is 80.9. The molecule has 0 aliphatic carbocycles. The standard InChI is InChI=1S/C28H29F6N3O2/c1-16-8-6-7-9-21(16)22-13-24(35-14-17(2)38)36-15-23(22)37(5)25(39)26(3,4)18-10-19(27(29,30)31)12-20(11-18)28(32,33)34/h6-13,15,17,38H,14H2,1-5H3,(H,35,36)/t17-/m0/s1. The fraction of sp³-hybridized carbons (Fsp3) is 0.357. The molecule has 3 aromatic rings. The Hall–Kier alpha value is -3.60. The van der Waals surface area contributed by atoms with Crippen molar-refractivity contribution >= 4 is 17.4 Å². The van der Waals surface area contributed by atoms with E-state index >= 15 is 0 Å². The Balaban J connectivity index is 2.12. The molecule has 0 spiro atoms. The van der Waals surface area contributed by atoms with Crippen LogP contribution in [0.2, 0.25) is 0 Å². The van der Waals surface area contributed by atoms with Gasteiger partial charge in [-0.15, -0.1) is 0 Å². The molecule has 0 bridgehead atoms. The van der Waals surface area contributed by atoms with E-state index in [1.54, 1.807) is 19.1 Å². The van der Waals surface area contributed by atoms with Crippen LogP contribution in [0.5, 0.6) is 0 Å². The van der Waals surface area contributed by atoms with E-state index in [0.717, 1.165) is 11.1 Å². The van der Waals surface area contributed by atoms with Crippen molar-refractivity contribution in [2.45, 2.75) is 51.6 Å². The summed E-state index contributed by atoms with van der Waals surface area (Å²) in [4.78, 5) is 19.2. The molecule has 0 unspecified atom stereocenters. The van der Waals surface area contributed by atoms with Gasteiger partial charge in [0.05, 0.1) is 34.5 Å². The van der Waals surface area contributed by atoms with Crippen LogP contribution in [0.15, 0.2) is 54.7 Å². The van der Waals surface area contributed by atoms with E-state index in [4.69, 9.17) is 0 Å². The third-order valence-electron chi connectivity index (χ3n) is 6.41. The molecule has 1 aromatic heterocycles. The normalized spacial score (nSPS) is 13.2. The number of hydrogen-bond donors (Lipinski definition) is 2. The first-order valence-corrected chi connectivity index (χ1v) is 12.0. The third-order valence-corrected chi connectivity index (χ3v) is 6.41. The van der Waals surface area contributed by atoms with Crippen LogP contribution in [0.25, 0.3) is 11.1 Å². The first-order valence-electron chi connectivity index (χ1n) is 12.0. The molecule has 5 nitrogen and oxygen atoms in total. The number of amides is 1. The number of pyridine rings is 1. The average molecular weight is 554 g/mol. The lowest BCUT2D eigenvalue weighted by Crippen LogP contribution is -2.42. The van der Waals surface area contributed by atoms with E-state index in [9.17, 15) is 36.2 Å². The minimum Gasteiger partial charge on any atom is -0.392 e. The predicted octanol–water partition coefficient (Wildman–Crippen LogP) is 6.83. The van der Waals surface area contributed by atoms with Crippen LogP contribution >= 0.6 is 0 Å². The molecule has 210 valence electrons. The molecule has 0 aliphatic heterocycles. The summed E-state index contributed by atoms with van der Waals surface area (Å²) in [6, 6.07) is 10.2. The molecular formula is C28H29F6N3O2. The SMILES string of the molecule is Cc1ccccc1-c1cc(NC[C@H](C)O)ncc1N(C)C(=O)C(C)(C)c1cc(C(F)(F)F)cc(C(F)(F)F)c1. The highest BCUT2D eigenvalue weighted by molar-refractivity contribution is 6.03. The van der Waals surface area contributed by atoms with Gasteiger partial charge < -0.3 is 15.3 Å². The number of rotatable bonds is 7. The Morgan fingerprint density at radius 3 is 2.00 bits per heavy atom. The van der Waals surface area contributed by atoms with E-state index < -0.39 is 46.5 Å². The summed E-state index contributed by atoms with van der Waals surface area (Å²) in [5, 5.41) is 12.6. The molecule has 1 amide bonds. The van der Waals surface area contributed by atoms with Crippen LogP contribution in [0.4, 0.5) is 37.8 Å². The number of aliphatic hydroxyl groups is 1. The second-order valence-corrected chi connectivity index (χ2v) is 9.92. The maximum atomic E-state index is 13.7. The molecule has 39 heavy (non-hydrogen) atoms. The molecule has 1 atom stereocenters. The zero-order valence-electron chi connectivity index (χ0n) is 22.0. The summed E-state index contributed by atoms with van der Waals surface area (Å²) in [6.45, 7) is 6.21. The van der Waals surface area contributed by atoms with Crippen molar-refractivity contribution in [3.8, 4) is 11.1 Å². The lowest BCUT2D eigenvalue weighted by molar-refractivity contribution is -0.143. The number of anilines is 2. The molecule has 1 heterocycles. The lowest BCUT2D eigenvalue weighted by Gasteiger charge is -2.32. The Morgan fingerprint density at radius 1 is 0.949 bits per heavy atom. The van der Waals surface area contributed by atoms with Crippen LogP contribution in [0, 0.1) is 6.92 Å². The molecule has 0 aliphatic rings. The van der Waals surface area contributed by atoms with E-state index in [-0.39, 0.29) is 12.6 Å². The topological polar surface area (TPSA) is 65.5 Å². The number of carbonyl (C=O) groups excluding carboxylic acids is 1. The second kappa shape index (κ2) is 10.9. The summed E-state index contributed by atoms with van der Waals surface area (Å²) in [5.74, 6) is -0.331. The Kier molecular flexibility index (Phi) is 8.35. The fourth-order valence-corrected chi connectivity index (χ4v) is 4.12. The largest absolute Gasteiger partial charge is 0.416 e. The average Bonchev–Trinajstić information content (AvgIpc) is 2.85. The monoisotopic (exact) mass is 553 g/mol. The number of alkyl halides is 6. The van der Waals surface area contributed by atoms with E-state index in [2.05, 4.69) is 10.3 Å². The molecule has 11 heteroatoms. The van der Waals surface area contributed by atoms with Crippen molar-refractivity contribution < 1.29 is 36.2 Å². The maximum absolute atomic E-state index is 13.7. The van der Waals surface area contributed by atoms with Crippen LogP contribution in [0.1, 0.15) is 43.0 Å². The molecule has 2 N–H and O–H groups in total. The van der Waals surface area contributed by atoms with E-state index in [0.29, 0.717) is 29.2 Å². The molecule has 2 aromatic carbocycles. The number of aromatic nitrogens is 1. The fourth-order valence-electron chi connectivity index (χ4n) is 4.12. The van der Waals surface area contributed by atoms with Gasteiger partial charge in [-0.05, 0) is 68.7 Å². The minimum absolute atomic E-state index is 0.0347. The van der Waals surface area contributed by atoms with Crippen LogP contribution in [-0.2, 0) is 22.6 Å². The van der Waals surface area contributed by atoms with Gasteiger partial charge in [-0.1, -0.05) is 24.3 Å². The molecule has 0 radical (unpaired) electrons. The molecule has 0 saturated heterocycles. The van der Waals surface area contributed by atoms with Crippen molar-refractivity contribution in [3.63, 3.8) is 0 Å². The molecular weight excluding hydrogens is 524 g/mol. The van der Waals surface area contributed by atoms with Crippen LogP contribution in [0.3, 0.4) is 0 Å². The van der Waals surface area contributed by atoms with E-state index in [1.165, 1.54) is 32.0 Å². The first-order chi connectivity index (χ1) is 17.9. The number of carbonyl (C=O) groups is 1. The minimum atomic E-state index is -5.04. The van der Waals surface area contributed by atoms with Gasteiger partial charge in [0, 0.05) is 19.2 Å². The van der Waals surface area contributed by atoms with Gasteiger partial charge in [-0.3, -0.25) is 4.79 Å². The highest BCUT2D eigenvalue weighted by atomic mass is 19.4. The van der Waals surface area contributed by atoms with E-state index in [1.807, 2.05) is 25.1 Å². The number of aryl methyl sites for hydroxylation is 1. The van der Waals surface area contributed by atoms with Crippen LogP contribution in [-0.4, -0.2) is 35.7 Å². The predicted molar refractivity (Wildman–Crippen MR) is 137 cm³/mol. The lowest BCUT2D eigenvalue weighted by atomic mass is 9.81. The number of aliphatic hydroxyl groups excluding tert-OH is 1. The van der Waals surface area contributed by atoms with Crippen molar-refractivity contribution in [2.75, 3.05) is 23.8 Å². The smallest absolute Gasteiger partial charge is 0.392 e. The first kappa shape index (κ1) is 29.9. The summed E-state index contributed by atoms with van der Waals surface area (Å²) in [5.41, 5.74) is -2.73.